The van der Waals surface area contributed by atoms with Gasteiger partial charge in [0.05, 0.1) is 0 Å². The number of nitrogens with zero attached hydrogens (tertiary/aromatic N) is 2. The van der Waals surface area contributed by atoms with Gasteiger partial charge in [0.15, 0.2) is 11.6 Å². The summed E-state index contributed by atoms with van der Waals surface area (Å²) in [5.74, 6) is 0.860. The topological polar surface area (TPSA) is 82.9 Å². The molecule has 0 aromatic carbocycles. The number of carbonyl (C=O) groups excluding carboxylic acids is 2. The number of Topliss-reactive ketones (excluding diaryl/α,β-unsaturated/α-hetero) is 2. The lowest BCUT2D eigenvalue weighted by molar-refractivity contribution is -0.117. The van der Waals surface area contributed by atoms with Gasteiger partial charge in [-0.05, 0) is 24.0 Å². The molecule has 0 aliphatic heterocycles. The van der Waals surface area contributed by atoms with Crippen LogP contribution in [0.25, 0.3) is 0 Å². The molecule has 32 heavy (non-hydrogen) atoms. The number of carbonyl (C=O) groups is 2. The Labute approximate surface area is 190 Å². The molecule has 1 fully saturated rings. The van der Waals surface area contributed by atoms with Crippen LogP contribution in [0.1, 0.15) is 40.5 Å². The predicted octanol–water partition coefficient (Wildman–Crippen LogP) is 3.97. The number of fused-ring (bicyclic) bond motifs is 2. The van der Waals surface area contributed by atoms with E-state index in [9.17, 15) is 9.59 Å². The van der Waals surface area contributed by atoms with Gasteiger partial charge < -0.3 is 10.6 Å². The largest absolute Gasteiger partial charge is 0.389 e. The summed E-state index contributed by atoms with van der Waals surface area (Å²) in [6, 6.07) is 0. The van der Waals surface area contributed by atoms with Crippen molar-refractivity contribution in [2.75, 3.05) is 13.1 Å². The monoisotopic (exact) mass is 432 g/mol. The van der Waals surface area contributed by atoms with E-state index < -0.39 is 0 Å². The van der Waals surface area contributed by atoms with Crippen LogP contribution in [0.5, 0.6) is 0 Å². The molecular formula is C26H32N4O2. The summed E-state index contributed by atoms with van der Waals surface area (Å²) in [5.41, 5.74) is 3.33. The maximum absolute atomic E-state index is 13.1. The summed E-state index contributed by atoms with van der Waals surface area (Å²) in [6.07, 6.45) is 15.1. The van der Waals surface area contributed by atoms with Crippen LogP contribution in [-0.4, -0.2) is 36.1 Å². The van der Waals surface area contributed by atoms with Crippen molar-refractivity contribution < 1.29 is 9.59 Å². The summed E-state index contributed by atoms with van der Waals surface area (Å²) in [4.78, 5) is 35.0. The van der Waals surface area contributed by atoms with Gasteiger partial charge in [-0.1, -0.05) is 39.8 Å². The predicted molar refractivity (Wildman–Crippen MR) is 130 cm³/mol. The molecule has 6 nitrogen and oxygen atoms in total. The molecule has 2 N–H and O–H groups in total. The fraction of sp³-hybridized carbons (Fsp3) is 0.385. The highest BCUT2D eigenvalue weighted by atomic mass is 16.1. The Morgan fingerprint density at radius 2 is 1.16 bits per heavy atom. The molecule has 168 valence electrons. The van der Waals surface area contributed by atoms with Crippen molar-refractivity contribution in [3.05, 3.63) is 71.4 Å². The Bertz CT molecular complexity index is 932. The second-order valence-corrected chi connectivity index (χ2v) is 8.89. The zero-order valence-electron chi connectivity index (χ0n) is 19.3. The average molecular weight is 433 g/mol. The van der Waals surface area contributed by atoms with Crippen LogP contribution in [0.4, 0.5) is 0 Å². The number of allylic oxidation sites excluding steroid dienone is 8. The van der Waals surface area contributed by atoms with Crippen molar-refractivity contribution in [1.29, 1.82) is 0 Å². The number of hydrogen-bond donors (Lipinski definition) is 2. The quantitative estimate of drug-likeness (QED) is 0.608. The van der Waals surface area contributed by atoms with Crippen LogP contribution in [-0.2, 0) is 9.59 Å². The first-order chi connectivity index (χ1) is 15.4. The minimum absolute atomic E-state index is 0.121. The smallest absolute Gasteiger partial charge is 0.194 e. The molecule has 0 aromatic rings. The molecule has 3 aliphatic rings. The molecule has 0 spiro atoms. The molecule has 0 amide bonds. The van der Waals surface area contributed by atoms with Gasteiger partial charge in [-0.25, -0.2) is 0 Å². The van der Waals surface area contributed by atoms with Gasteiger partial charge in [-0.3, -0.25) is 19.6 Å². The van der Waals surface area contributed by atoms with E-state index in [0.29, 0.717) is 47.0 Å². The number of nitrogens with one attached hydrogen (secondary N) is 2. The Kier molecular flexibility index (Phi) is 7.92. The number of ketones is 2. The fourth-order valence-electron chi connectivity index (χ4n) is 3.49. The highest BCUT2D eigenvalue weighted by Gasteiger charge is 2.37. The summed E-state index contributed by atoms with van der Waals surface area (Å²) in [7, 11) is 0. The summed E-state index contributed by atoms with van der Waals surface area (Å²) >= 11 is 0. The molecule has 6 heteroatoms. The van der Waals surface area contributed by atoms with Gasteiger partial charge in [0.25, 0.3) is 0 Å². The number of aliphatic imine (C=N–C) groups is 2. The van der Waals surface area contributed by atoms with E-state index in [2.05, 4.69) is 48.3 Å². The number of hydrogen-bond acceptors (Lipinski definition) is 6. The lowest BCUT2D eigenvalue weighted by Crippen LogP contribution is -2.30. The molecule has 3 rings (SSSR count). The van der Waals surface area contributed by atoms with E-state index in [-0.39, 0.29) is 11.6 Å². The minimum Gasteiger partial charge on any atom is -0.389 e. The van der Waals surface area contributed by atoms with Gasteiger partial charge in [-0.2, -0.15) is 0 Å². The fourth-order valence-corrected chi connectivity index (χ4v) is 3.49. The van der Waals surface area contributed by atoms with E-state index >= 15 is 0 Å². The van der Waals surface area contributed by atoms with Crippen molar-refractivity contribution in [2.45, 2.75) is 40.5 Å². The maximum atomic E-state index is 13.1. The van der Waals surface area contributed by atoms with Gasteiger partial charge in [-0.15, -0.1) is 0 Å². The van der Waals surface area contributed by atoms with Crippen molar-refractivity contribution in [3.63, 3.8) is 0 Å². The lowest BCUT2D eigenvalue weighted by atomic mass is 9.75. The summed E-state index contributed by atoms with van der Waals surface area (Å²) in [5, 5.41) is 6.37. The summed E-state index contributed by atoms with van der Waals surface area (Å²) in [6.45, 7) is 10.3. The molecule has 0 unspecified atom stereocenters. The molecule has 0 aromatic heterocycles. The first-order valence-electron chi connectivity index (χ1n) is 11.2. The SMILES string of the molecule is CC(C)CNC=CN=C1C=C2C(=O)C3=CCC(=NC=CNCC(C)C)C=C3C(=O)C2=CC1. The van der Waals surface area contributed by atoms with E-state index in [1.807, 2.05) is 12.2 Å². The van der Waals surface area contributed by atoms with E-state index in [1.54, 1.807) is 37.0 Å². The molecule has 0 bridgehead atoms. The van der Waals surface area contributed by atoms with Gasteiger partial charge >= 0.3 is 0 Å². The molecular weight excluding hydrogens is 400 g/mol. The first kappa shape index (κ1) is 23.4. The first-order valence-corrected chi connectivity index (χ1v) is 11.2. The van der Waals surface area contributed by atoms with Crippen molar-refractivity contribution >= 4 is 23.0 Å². The van der Waals surface area contributed by atoms with Crippen LogP contribution in [0, 0.1) is 11.8 Å². The molecule has 0 atom stereocenters. The second kappa shape index (κ2) is 10.8. The van der Waals surface area contributed by atoms with E-state index in [4.69, 9.17) is 0 Å². The second-order valence-electron chi connectivity index (χ2n) is 8.89. The standard InChI is InChI=1S/C26H32N4O2/c1-17(2)15-27-9-11-29-19-5-7-21-23(13-19)25(31)22-8-6-20(14-24(22)26(21)32)30-12-10-28-16-18(3)4/h7-14,17-18,27-28H,5-6,15-16H2,1-4H3. The van der Waals surface area contributed by atoms with Gasteiger partial charge in [0.2, 0.25) is 0 Å². The average Bonchev–Trinajstić information content (AvgIpc) is 2.76. The van der Waals surface area contributed by atoms with E-state index in [1.165, 1.54) is 0 Å². The highest BCUT2D eigenvalue weighted by molar-refractivity contribution is 6.37. The Morgan fingerprint density at radius 3 is 1.53 bits per heavy atom. The Hall–Kier alpha value is -3.28. The zero-order valence-corrected chi connectivity index (χ0v) is 19.3. The summed E-state index contributed by atoms with van der Waals surface area (Å²) < 4.78 is 0. The minimum atomic E-state index is -0.121. The molecule has 0 saturated heterocycles. The Morgan fingerprint density at radius 1 is 0.750 bits per heavy atom. The zero-order chi connectivity index (χ0) is 23.1. The number of rotatable bonds is 8. The van der Waals surface area contributed by atoms with Crippen LogP contribution >= 0.6 is 0 Å². The lowest BCUT2D eigenvalue weighted by Gasteiger charge is -2.26. The molecule has 1 saturated carbocycles. The Balaban J connectivity index is 1.73. The normalized spacial score (nSPS) is 21.2. The van der Waals surface area contributed by atoms with Crippen LogP contribution in [0.15, 0.2) is 81.4 Å². The third kappa shape index (κ3) is 5.90. The van der Waals surface area contributed by atoms with Crippen molar-refractivity contribution in [2.24, 2.45) is 21.8 Å². The third-order valence-corrected chi connectivity index (χ3v) is 5.13. The van der Waals surface area contributed by atoms with E-state index in [0.717, 1.165) is 24.5 Å². The van der Waals surface area contributed by atoms with Gasteiger partial charge in [0, 0.05) is 84.4 Å². The van der Waals surface area contributed by atoms with Crippen molar-refractivity contribution in [1.82, 2.24) is 10.6 Å². The van der Waals surface area contributed by atoms with Gasteiger partial charge in [0.1, 0.15) is 0 Å². The van der Waals surface area contributed by atoms with Crippen LogP contribution < -0.4 is 10.6 Å². The third-order valence-electron chi connectivity index (χ3n) is 5.13. The van der Waals surface area contributed by atoms with Crippen molar-refractivity contribution in [3.8, 4) is 0 Å². The van der Waals surface area contributed by atoms with Crippen LogP contribution in [0.3, 0.4) is 0 Å². The van der Waals surface area contributed by atoms with Crippen LogP contribution in [0.2, 0.25) is 0 Å². The maximum Gasteiger partial charge on any atom is 0.194 e. The highest BCUT2D eigenvalue weighted by Crippen LogP contribution is 2.35. The molecule has 0 heterocycles. The molecule has 0 radical (unpaired) electrons. The molecule has 3 aliphatic carbocycles.